The predicted molar refractivity (Wildman–Crippen MR) is 108 cm³/mol. The van der Waals surface area contributed by atoms with E-state index in [0.29, 0.717) is 6.42 Å². The van der Waals surface area contributed by atoms with Crippen LogP contribution in [0.4, 0.5) is 5.69 Å². The number of ether oxygens (including phenoxy) is 2. The second kappa shape index (κ2) is 8.90. The normalized spacial score (nSPS) is 10.5. The number of amides is 1. The maximum Gasteiger partial charge on any atom is 0.225 e. The average Bonchev–Trinajstić information content (AvgIpc) is 2.73. The Kier molecular flexibility index (Phi) is 6.10. The molecule has 0 aliphatic carbocycles. The van der Waals surface area contributed by atoms with Gasteiger partial charge in [-0.25, -0.2) is 0 Å². The standard InChI is InChI=1S/C23H23NO3/c1-26-20-12-8-17(9-13-20)22(18-10-14-21(27-2)15-11-18)16-23(25)24-19-6-4-3-5-7-19/h3-15,22H,16H2,1-2H3,(H,24,25). The summed E-state index contributed by atoms with van der Waals surface area (Å²) in [6, 6.07) is 25.2. The van der Waals surface area contributed by atoms with Crippen LogP contribution in [-0.2, 0) is 4.79 Å². The molecule has 138 valence electrons. The van der Waals surface area contributed by atoms with E-state index in [-0.39, 0.29) is 11.8 Å². The van der Waals surface area contributed by atoms with Gasteiger partial charge < -0.3 is 14.8 Å². The quantitative estimate of drug-likeness (QED) is 0.653. The molecule has 27 heavy (non-hydrogen) atoms. The topological polar surface area (TPSA) is 47.6 Å². The summed E-state index contributed by atoms with van der Waals surface area (Å²) in [5.74, 6) is 1.49. The molecule has 4 nitrogen and oxygen atoms in total. The van der Waals surface area contributed by atoms with Gasteiger partial charge in [0, 0.05) is 18.0 Å². The molecular formula is C23H23NO3. The molecule has 3 aromatic carbocycles. The Morgan fingerprint density at radius 3 is 1.70 bits per heavy atom. The Morgan fingerprint density at radius 2 is 1.26 bits per heavy atom. The van der Waals surface area contributed by atoms with Crippen LogP contribution < -0.4 is 14.8 Å². The van der Waals surface area contributed by atoms with Gasteiger partial charge in [0.15, 0.2) is 0 Å². The summed E-state index contributed by atoms with van der Waals surface area (Å²) in [6.07, 6.45) is 0.341. The molecule has 0 unspecified atom stereocenters. The highest BCUT2D eigenvalue weighted by Crippen LogP contribution is 2.31. The minimum Gasteiger partial charge on any atom is -0.497 e. The van der Waals surface area contributed by atoms with Crippen LogP contribution in [0.5, 0.6) is 11.5 Å². The van der Waals surface area contributed by atoms with Crippen LogP contribution in [0.3, 0.4) is 0 Å². The Hall–Kier alpha value is -3.27. The summed E-state index contributed by atoms with van der Waals surface area (Å²) in [5.41, 5.74) is 2.92. The number of hydrogen-bond donors (Lipinski definition) is 1. The zero-order valence-electron chi connectivity index (χ0n) is 15.5. The molecule has 0 aliphatic rings. The fraction of sp³-hybridized carbons (Fsp3) is 0.174. The third-order valence-corrected chi connectivity index (χ3v) is 4.48. The lowest BCUT2D eigenvalue weighted by atomic mass is 9.88. The number of benzene rings is 3. The number of hydrogen-bond acceptors (Lipinski definition) is 3. The second-order valence-electron chi connectivity index (χ2n) is 6.22. The number of carbonyl (C=O) groups is 1. The van der Waals surface area contributed by atoms with E-state index in [2.05, 4.69) is 5.32 Å². The van der Waals surface area contributed by atoms with Crippen molar-refractivity contribution in [2.45, 2.75) is 12.3 Å². The van der Waals surface area contributed by atoms with Crippen LogP contribution in [-0.4, -0.2) is 20.1 Å². The van der Waals surface area contributed by atoms with Gasteiger partial charge in [0.2, 0.25) is 5.91 Å². The van der Waals surface area contributed by atoms with E-state index in [4.69, 9.17) is 9.47 Å². The first-order valence-corrected chi connectivity index (χ1v) is 8.82. The highest BCUT2D eigenvalue weighted by atomic mass is 16.5. The third kappa shape index (κ3) is 4.88. The summed E-state index contributed by atoms with van der Waals surface area (Å²) < 4.78 is 10.5. The van der Waals surface area contributed by atoms with Crippen molar-refractivity contribution >= 4 is 11.6 Å². The molecular weight excluding hydrogens is 338 g/mol. The summed E-state index contributed by atoms with van der Waals surface area (Å²) in [7, 11) is 3.28. The van der Waals surface area contributed by atoms with Crippen molar-refractivity contribution in [2.24, 2.45) is 0 Å². The second-order valence-corrected chi connectivity index (χ2v) is 6.22. The molecule has 4 heteroatoms. The zero-order valence-corrected chi connectivity index (χ0v) is 15.5. The number of nitrogens with one attached hydrogen (secondary N) is 1. The number of anilines is 1. The van der Waals surface area contributed by atoms with Gasteiger partial charge in [-0.05, 0) is 47.5 Å². The van der Waals surface area contributed by atoms with Crippen LogP contribution in [0.1, 0.15) is 23.5 Å². The molecule has 0 radical (unpaired) electrons. The van der Waals surface area contributed by atoms with Crippen LogP contribution in [0.15, 0.2) is 78.9 Å². The molecule has 3 aromatic rings. The lowest BCUT2D eigenvalue weighted by Crippen LogP contribution is -2.16. The van der Waals surface area contributed by atoms with E-state index in [0.717, 1.165) is 28.3 Å². The van der Waals surface area contributed by atoms with Crippen LogP contribution in [0.2, 0.25) is 0 Å². The van der Waals surface area contributed by atoms with Gasteiger partial charge in [-0.3, -0.25) is 4.79 Å². The Balaban J connectivity index is 1.84. The van der Waals surface area contributed by atoms with Crippen molar-refractivity contribution in [1.82, 2.24) is 0 Å². The smallest absolute Gasteiger partial charge is 0.225 e. The Bertz CT molecular complexity index is 811. The van der Waals surface area contributed by atoms with Crippen LogP contribution >= 0.6 is 0 Å². The number of methoxy groups -OCH3 is 2. The minimum absolute atomic E-state index is 0.0298. The molecule has 3 rings (SSSR count). The number of rotatable bonds is 7. The maximum atomic E-state index is 12.7. The van der Waals surface area contributed by atoms with Gasteiger partial charge in [0.05, 0.1) is 14.2 Å². The highest BCUT2D eigenvalue weighted by molar-refractivity contribution is 5.91. The number of carbonyl (C=O) groups excluding carboxylic acids is 1. The van der Waals surface area contributed by atoms with Crippen LogP contribution in [0, 0.1) is 0 Å². The first-order valence-electron chi connectivity index (χ1n) is 8.82. The summed E-state index contributed by atoms with van der Waals surface area (Å²) in [6.45, 7) is 0. The lowest BCUT2D eigenvalue weighted by molar-refractivity contribution is -0.116. The van der Waals surface area contributed by atoms with Gasteiger partial charge >= 0.3 is 0 Å². The average molecular weight is 361 g/mol. The van der Waals surface area contributed by atoms with Gasteiger partial charge in [0.1, 0.15) is 11.5 Å². The molecule has 0 aromatic heterocycles. The molecule has 0 fully saturated rings. The van der Waals surface area contributed by atoms with Crippen molar-refractivity contribution in [3.8, 4) is 11.5 Å². The molecule has 1 N–H and O–H groups in total. The van der Waals surface area contributed by atoms with Gasteiger partial charge in [-0.2, -0.15) is 0 Å². The van der Waals surface area contributed by atoms with Crippen LogP contribution in [0.25, 0.3) is 0 Å². The van der Waals surface area contributed by atoms with Crippen molar-refractivity contribution in [3.63, 3.8) is 0 Å². The van der Waals surface area contributed by atoms with E-state index in [1.807, 2.05) is 78.9 Å². The largest absolute Gasteiger partial charge is 0.497 e. The van der Waals surface area contributed by atoms with E-state index in [9.17, 15) is 4.79 Å². The molecule has 0 atom stereocenters. The monoisotopic (exact) mass is 361 g/mol. The van der Waals surface area contributed by atoms with E-state index < -0.39 is 0 Å². The van der Waals surface area contributed by atoms with Crippen molar-refractivity contribution in [1.29, 1.82) is 0 Å². The fourth-order valence-corrected chi connectivity index (χ4v) is 3.02. The predicted octanol–water partition coefficient (Wildman–Crippen LogP) is 4.86. The SMILES string of the molecule is COc1ccc(C(CC(=O)Nc2ccccc2)c2ccc(OC)cc2)cc1. The molecule has 0 aliphatic heterocycles. The third-order valence-electron chi connectivity index (χ3n) is 4.48. The van der Waals surface area contributed by atoms with E-state index >= 15 is 0 Å². The number of para-hydroxylation sites is 1. The first-order chi connectivity index (χ1) is 13.2. The Labute approximate surface area is 159 Å². The summed E-state index contributed by atoms with van der Waals surface area (Å²) in [4.78, 5) is 12.7. The summed E-state index contributed by atoms with van der Waals surface area (Å²) in [5, 5.41) is 2.97. The molecule has 0 heterocycles. The molecule has 0 spiro atoms. The maximum absolute atomic E-state index is 12.7. The van der Waals surface area contributed by atoms with Crippen molar-refractivity contribution in [2.75, 3.05) is 19.5 Å². The Morgan fingerprint density at radius 1 is 0.778 bits per heavy atom. The minimum atomic E-state index is -0.0643. The molecule has 0 saturated heterocycles. The fourth-order valence-electron chi connectivity index (χ4n) is 3.02. The summed E-state index contributed by atoms with van der Waals surface area (Å²) >= 11 is 0. The van der Waals surface area contributed by atoms with Gasteiger partial charge in [-0.1, -0.05) is 42.5 Å². The lowest BCUT2D eigenvalue weighted by Gasteiger charge is -2.19. The van der Waals surface area contributed by atoms with Gasteiger partial charge in [0.25, 0.3) is 0 Å². The van der Waals surface area contributed by atoms with Crippen molar-refractivity contribution < 1.29 is 14.3 Å². The molecule has 0 saturated carbocycles. The van der Waals surface area contributed by atoms with Gasteiger partial charge in [-0.15, -0.1) is 0 Å². The van der Waals surface area contributed by atoms with E-state index in [1.165, 1.54) is 0 Å². The zero-order chi connectivity index (χ0) is 19.1. The molecule has 0 bridgehead atoms. The highest BCUT2D eigenvalue weighted by Gasteiger charge is 2.19. The first kappa shape index (κ1) is 18.5. The van der Waals surface area contributed by atoms with Crippen molar-refractivity contribution in [3.05, 3.63) is 90.0 Å². The molecule has 1 amide bonds. The van der Waals surface area contributed by atoms with E-state index in [1.54, 1.807) is 14.2 Å².